The van der Waals surface area contributed by atoms with Gasteiger partial charge in [-0.15, -0.1) is 0 Å². The number of aromatic nitrogens is 3. The first-order valence-corrected chi connectivity index (χ1v) is 5.02. The minimum atomic E-state index is 0.479. The summed E-state index contributed by atoms with van der Waals surface area (Å²) in [7, 11) is 0. The lowest BCUT2D eigenvalue weighted by Gasteiger charge is -2.11. The number of hydrogen-bond donors (Lipinski definition) is 0. The van der Waals surface area contributed by atoms with Crippen molar-refractivity contribution in [1.29, 1.82) is 0 Å². The molecule has 0 N–H and O–H groups in total. The highest BCUT2D eigenvalue weighted by Crippen LogP contribution is 2.18. The van der Waals surface area contributed by atoms with Crippen LogP contribution >= 0.6 is 0 Å². The van der Waals surface area contributed by atoms with E-state index in [1.165, 1.54) is 0 Å². The normalized spacial score (nSPS) is 13.4. The summed E-state index contributed by atoms with van der Waals surface area (Å²) in [4.78, 5) is 8.79. The van der Waals surface area contributed by atoms with Gasteiger partial charge in [-0.2, -0.15) is 0 Å². The smallest absolute Gasteiger partial charge is 0.142 e. The molecule has 0 radical (unpaired) electrons. The average Bonchev–Trinajstić information content (AvgIpc) is 2.67. The minimum Gasteiger partial charge on any atom is -0.287 e. The van der Waals surface area contributed by atoms with Crippen LogP contribution in [-0.4, -0.2) is 14.4 Å². The highest BCUT2D eigenvalue weighted by molar-refractivity contribution is 5.46. The molecule has 0 saturated carbocycles. The fourth-order valence-corrected chi connectivity index (χ4v) is 1.61. The average molecular weight is 189 g/mol. The second-order valence-electron chi connectivity index (χ2n) is 3.73. The highest BCUT2D eigenvalue weighted by atomic mass is 15.1. The molecule has 1 atom stereocenters. The molecule has 3 nitrogen and oxygen atoms in total. The maximum absolute atomic E-state index is 4.47. The van der Waals surface area contributed by atoms with Gasteiger partial charge < -0.3 is 0 Å². The van der Waals surface area contributed by atoms with Crippen LogP contribution in [-0.2, 0) is 0 Å². The third-order valence-electron chi connectivity index (χ3n) is 2.68. The molecular weight excluding hydrogens is 174 g/mol. The Morgan fingerprint density at radius 2 is 2.21 bits per heavy atom. The predicted molar refractivity (Wildman–Crippen MR) is 56.4 cm³/mol. The second kappa shape index (κ2) is 3.40. The molecule has 2 rings (SSSR count). The summed E-state index contributed by atoms with van der Waals surface area (Å²) >= 11 is 0. The maximum Gasteiger partial charge on any atom is 0.142 e. The Balaban J connectivity index is 2.66. The van der Waals surface area contributed by atoms with Gasteiger partial charge in [0.25, 0.3) is 0 Å². The number of rotatable bonds is 2. The first kappa shape index (κ1) is 9.19. The molecule has 2 aromatic rings. The molecule has 0 fully saturated rings. The van der Waals surface area contributed by atoms with E-state index >= 15 is 0 Å². The van der Waals surface area contributed by atoms with Crippen LogP contribution in [0.1, 0.15) is 37.6 Å². The van der Waals surface area contributed by atoms with Crippen LogP contribution < -0.4 is 0 Å². The van der Waals surface area contributed by atoms with Gasteiger partial charge in [-0.1, -0.05) is 13.8 Å². The van der Waals surface area contributed by atoms with E-state index in [9.17, 15) is 0 Å². The van der Waals surface area contributed by atoms with Gasteiger partial charge in [0.15, 0.2) is 0 Å². The first-order chi connectivity index (χ1) is 6.74. The van der Waals surface area contributed by atoms with Crippen LogP contribution in [0.4, 0.5) is 0 Å². The van der Waals surface area contributed by atoms with E-state index in [4.69, 9.17) is 0 Å². The largest absolute Gasteiger partial charge is 0.287 e. The van der Waals surface area contributed by atoms with Crippen molar-refractivity contribution in [3.05, 3.63) is 30.0 Å². The molecule has 0 saturated heterocycles. The molecular formula is C11H15N3. The molecule has 2 aromatic heterocycles. The van der Waals surface area contributed by atoms with E-state index < -0.39 is 0 Å². The molecule has 0 spiro atoms. The van der Waals surface area contributed by atoms with Crippen molar-refractivity contribution in [3.8, 4) is 0 Å². The fraction of sp³-hybridized carbons (Fsp3) is 0.455. The zero-order valence-electron chi connectivity index (χ0n) is 8.86. The van der Waals surface area contributed by atoms with Crippen molar-refractivity contribution < 1.29 is 0 Å². The monoisotopic (exact) mass is 189 g/mol. The number of nitrogens with zero attached hydrogens (tertiary/aromatic N) is 3. The fourth-order valence-electron chi connectivity index (χ4n) is 1.61. The van der Waals surface area contributed by atoms with E-state index in [0.717, 1.165) is 23.5 Å². The van der Waals surface area contributed by atoms with E-state index in [1.54, 1.807) is 0 Å². The third kappa shape index (κ3) is 1.29. The van der Waals surface area contributed by atoms with Gasteiger partial charge in [0.1, 0.15) is 11.5 Å². The molecule has 0 aromatic carbocycles. The van der Waals surface area contributed by atoms with Crippen molar-refractivity contribution in [2.24, 2.45) is 0 Å². The molecule has 1 unspecified atom stereocenters. The Labute approximate surface area is 83.8 Å². The van der Waals surface area contributed by atoms with Crippen LogP contribution in [0.5, 0.6) is 0 Å². The number of imidazole rings is 1. The molecule has 0 aliphatic heterocycles. The third-order valence-corrected chi connectivity index (χ3v) is 2.68. The van der Waals surface area contributed by atoms with Gasteiger partial charge in [-0.25, -0.2) is 9.97 Å². The molecule has 2 heterocycles. The second-order valence-corrected chi connectivity index (χ2v) is 3.73. The quantitative estimate of drug-likeness (QED) is 0.726. The Morgan fingerprint density at radius 1 is 1.43 bits per heavy atom. The summed E-state index contributed by atoms with van der Waals surface area (Å²) in [5, 5.41) is 0. The standard InChI is InChI=1S/C11H15N3/c1-4-8(2)10-13-7-9(3)11-12-5-6-14(10)11/h5-8H,4H2,1-3H3. The van der Waals surface area contributed by atoms with Crippen molar-refractivity contribution in [2.45, 2.75) is 33.1 Å². The molecule has 0 aliphatic carbocycles. The van der Waals surface area contributed by atoms with E-state index in [0.29, 0.717) is 5.92 Å². The van der Waals surface area contributed by atoms with Gasteiger partial charge in [0.2, 0.25) is 0 Å². The van der Waals surface area contributed by atoms with Crippen LogP contribution in [0.2, 0.25) is 0 Å². The lowest BCUT2D eigenvalue weighted by molar-refractivity contribution is 0.664. The maximum atomic E-state index is 4.47. The SMILES string of the molecule is CCC(C)c1ncc(C)c2nccn12. The highest BCUT2D eigenvalue weighted by Gasteiger charge is 2.10. The predicted octanol–water partition coefficient (Wildman–Crippen LogP) is 2.55. The van der Waals surface area contributed by atoms with Crippen LogP contribution in [0, 0.1) is 6.92 Å². The van der Waals surface area contributed by atoms with E-state index in [2.05, 4.69) is 28.2 Å². The summed E-state index contributed by atoms with van der Waals surface area (Å²) in [6.45, 7) is 6.40. The number of fused-ring (bicyclic) bond motifs is 1. The van der Waals surface area contributed by atoms with Gasteiger partial charge in [-0.05, 0) is 13.3 Å². The van der Waals surface area contributed by atoms with E-state index in [-0.39, 0.29) is 0 Å². The Hall–Kier alpha value is -1.38. The summed E-state index contributed by atoms with van der Waals surface area (Å²) < 4.78 is 2.09. The number of hydrogen-bond acceptors (Lipinski definition) is 2. The Morgan fingerprint density at radius 3 is 2.93 bits per heavy atom. The summed E-state index contributed by atoms with van der Waals surface area (Å²) in [6.07, 6.45) is 6.82. The molecule has 74 valence electrons. The van der Waals surface area contributed by atoms with Crippen LogP contribution in [0.15, 0.2) is 18.6 Å². The van der Waals surface area contributed by atoms with Crippen molar-refractivity contribution in [3.63, 3.8) is 0 Å². The van der Waals surface area contributed by atoms with Crippen molar-refractivity contribution >= 4 is 5.65 Å². The summed E-state index contributed by atoms with van der Waals surface area (Å²) in [5.74, 6) is 1.58. The summed E-state index contributed by atoms with van der Waals surface area (Å²) in [6, 6.07) is 0. The molecule has 0 bridgehead atoms. The number of aryl methyl sites for hydroxylation is 1. The zero-order chi connectivity index (χ0) is 10.1. The summed E-state index contributed by atoms with van der Waals surface area (Å²) in [5.41, 5.74) is 2.15. The van der Waals surface area contributed by atoms with Crippen LogP contribution in [0.25, 0.3) is 5.65 Å². The Bertz CT molecular complexity index is 445. The Kier molecular flexibility index (Phi) is 2.23. The van der Waals surface area contributed by atoms with Crippen molar-refractivity contribution in [1.82, 2.24) is 14.4 Å². The van der Waals surface area contributed by atoms with E-state index in [1.807, 2.05) is 25.5 Å². The van der Waals surface area contributed by atoms with Crippen LogP contribution in [0.3, 0.4) is 0 Å². The van der Waals surface area contributed by atoms with Gasteiger partial charge in [0.05, 0.1) is 0 Å². The topological polar surface area (TPSA) is 30.2 Å². The van der Waals surface area contributed by atoms with Gasteiger partial charge >= 0.3 is 0 Å². The molecule has 0 aliphatic rings. The lowest BCUT2D eigenvalue weighted by atomic mass is 10.1. The lowest BCUT2D eigenvalue weighted by Crippen LogP contribution is -2.04. The minimum absolute atomic E-state index is 0.479. The molecule has 14 heavy (non-hydrogen) atoms. The molecule has 0 amide bonds. The van der Waals surface area contributed by atoms with Crippen molar-refractivity contribution in [2.75, 3.05) is 0 Å². The first-order valence-electron chi connectivity index (χ1n) is 5.02. The zero-order valence-corrected chi connectivity index (χ0v) is 8.86. The van der Waals surface area contributed by atoms with Gasteiger partial charge in [-0.3, -0.25) is 4.40 Å². The molecule has 3 heteroatoms. The van der Waals surface area contributed by atoms with Gasteiger partial charge in [0, 0.05) is 30.1 Å².